The van der Waals surface area contributed by atoms with Gasteiger partial charge >= 0.3 is 0 Å². The first kappa shape index (κ1) is 13.6. The molecule has 2 unspecified atom stereocenters. The van der Waals surface area contributed by atoms with Crippen molar-refractivity contribution in [1.29, 1.82) is 0 Å². The van der Waals surface area contributed by atoms with E-state index >= 15 is 0 Å². The molecule has 0 aliphatic carbocycles. The number of alkyl halides is 1. The van der Waals surface area contributed by atoms with Crippen LogP contribution in [0, 0.1) is 13.8 Å². The minimum absolute atomic E-state index is 0.505. The van der Waals surface area contributed by atoms with Gasteiger partial charge in [0.25, 0.3) is 0 Å². The van der Waals surface area contributed by atoms with Crippen LogP contribution in [0.2, 0.25) is 0 Å². The molecule has 0 saturated carbocycles. The molecule has 0 aromatic carbocycles. The highest BCUT2D eigenvalue weighted by Gasteiger charge is 2.18. The summed E-state index contributed by atoms with van der Waals surface area (Å²) in [6.07, 6.45) is 6.72. The molecule has 2 heterocycles. The Morgan fingerprint density at radius 3 is 2.88 bits per heavy atom. The van der Waals surface area contributed by atoms with Crippen LogP contribution in [0.1, 0.15) is 52.2 Å². The van der Waals surface area contributed by atoms with Gasteiger partial charge in [-0.2, -0.15) is 0 Å². The molecule has 1 nitrogen and oxygen atoms in total. The van der Waals surface area contributed by atoms with E-state index in [0.29, 0.717) is 10.9 Å². The molecular weight excluding hydrogens is 296 g/mol. The number of ether oxygens (including phenoxy) is 1. The zero-order valence-corrected chi connectivity index (χ0v) is 13.1. The zero-order valence-electron chi connectivity index (χ0n) is 10.7. The number of hydrogen-bond acceptors (Lipinski definition) is 2. The molecule has 2 rings (SSSR count). The van der Waals surface area contributed by atoms with Gasteiger partial charge in [-0.1, -0.05) is 15.9 Å². The molecule has 0 amide bonds. The number of halogens is 1. The minimum atomic E-state index is 0.505. The SMILES string of the molecule is Cc1cc(C)c(C(Br)CCC2CCCCO2)s1. The molecule has 3 heteroatoms. The van der Waals surface area contributed by atoms with Crippen molar-refractivity contribution >= 4 is 27.3 Å². The molecule has 0 spiro atoms. The van der Waals surface area contributed by atoms with Crippen LogP contribution in [-0.2, 0) is 4.74 Å². The van der Waals surface area contributed by atoms with Crippen molar-refractivity contribution in [2.75, 3.05) is 6.61 Å². The Balaban J connectivity index is 1.84. The number of hydrogen-bond donors (Lipinski definition) is 0. The monoisotopic (exact) mass is 316 g/mol. The van der Waals surface area contributed by atoms with Gasteiger partial charge in [0.15, 0.2) is 0 Å². The molecule has 1 aliphatic heterocycles. The Morgan fingerprint density at radius 1 is 1.47 bits per heavy atom. The average molecular weight is 317 g/mol. The summed E-state index contributed by atoms with van der Waals surface area (Å²) in [5, 5.41) is 0. The van der Waals surface area contributed by atoms with E-state index in [4.69, 9.17) is 4.74 Å². The molecule has 1 aromatic heterocycles. The highest BCUT2D eigenvalue weighted by Crippen LogP contribution is 2.37. The molecule has 96 valence electrons. The predicted octanol–water partition coefficient (Wildman–Crippen LogP) is 5.15. The first-order valence-electron chi connectivity index (χ1n) is 6.49. The van der Waals surface area contributed by atoms with Gasteiger partial charge in [-0.25, -0.2) is 0 Å². The molecule has 1 aromatic rings. The largest absolute Gasteiger partial charge is 0.378 e. The van der Waals surface area contributed by atoms with Crippen LogP contribution in [0.4, 0.5) is 0 Å². The van der Waals surface area contributed by atoms with E-state index in [-0.39, 0.29) is 0 Å². The molecule has 2 atom stereocenters. The van der Waals surface area contributed by atoms with Crippen LogP contribution >= 0.6 is 27.3 Å². The lowest BCUT2D eigenvalue weighted by molar-refractivity contribution is 0.0102. The molecule has 0 N–H and O–H groups in total. The van der Waals surface area contributed by atoms with Gasteiger partial charge in [0, 0.05) is 21.2 Å². The van der Waals surface area contributed by atoms with Gasteiger partial charge in [0.1, 0.15) is 0 Å². The van der Waals surface area contributed by atoms with Gasteiger partial charge in [-0.3, -0.25) is 0 Å². The summed E-state index contributed by atoms with van der Waals surface area (Å²) in [5.74, 6) is 0. The van der Waals surface area contributed by atoms with Gasteiger partial charge in [0.2, 0.25) is 0 Å². The number of rotatable bonds is 4. The van der Waals surface area contributed by atoms with Crippen LogP contribution < -0.4 is 0 Å². The summed E-state index contributed by atoms with van der Waals surface area (Å²) in [5.41, 5.74) is 1.43. The quantitative estimate of drug-likeness (QED) is 0.698. The third kappa shape index (κ3) is 3.80. The van der Waals surface area contributed by atoms with Gasteiger partial charge in [-0.15, -0.1) is 11.3 Å². The lowest BCUT2D eigenvalue weighted by Gasteiger charge is -2.23. The van der Waals surface area contributed by atoms with E-state index in [1.807, 2.05) is 11.3 Å². The number of aryl methyl sites for hydroxylation is 2. The third-order valence-electron chi connectivity index (χ3n) is 3.38. The van der Waals surface area contributed by atoms with Gasteiger partial charge < -0.3 is 4.74 Å². The average Bonchev–Trinajstić information content (AvgIpc) is 2.67. The third-order valence-corrected chi connectivity index (χ3v) is 5.86. The number of thiophene rings is 1. The Labute approximate surface area is 117 Å². The van der Waals surface area contributed by atoms with Crippen molar-refractivity contribution in [3.8, 4) is 0 Å². The Hall–Kier alpha value is 0.140. The maximum Gasteiger partial charge on any atom is 0.0575 e. The first-order chi connectivity index (χ1) is 8.16. The van der Waals surface area contributed by atoms with Crippen molar-refractivity contribution in [2.45, 2.75) is 56.9 Å². The smallest absolute Gasteiger partial charge is 0.0575 e. The van der Waals surface area contributed by atoms with Crippen LogP contribution in [0.5, 0.6) is 0 Å². The summed E-state index contributed by atoms with van der Waals surface area (Å²) in [6.45, 7) is 5.37. The maximum absolute atomic E-state index is 5.78. The molecule has 1 aliphatic rings. The molecule has 1 saturated heterocycles. The summed E-state index contributed by atoms with van der Waals surface area (Å²) in [6, 6.07) is 2.28. The second-order valence-electron chi connectivity index (χ2n) is 4.94. The Morgan fingerprint density at radius 2 is 2.29 bits per heavy atom. The van der Waals surface area contributed by atoms with Crippen LogP contribution in [-0.4, -0.2) is 12.7 Å². The van der Waals surface area contributed by atoms with E-state index in [1.54, 1.807) is 0 Å². The fourth-order valence-corrected chi connectivity index (χ4v) is 4.42. The second-order valence-corrected chi connectivity index (χ2v) is 7.33. The summed E-state index contributed by atoms with van der Waals surface area (Å²) in [7, 11) is 0. The fraction of sp³-hybridized carbons (Fsp3) is 0.714. The van der Waals surface area contributed by atoms with Crippen molar-refractivity contribution in [3.63, 3.8) is 0 Å². The second kappa shape index (κ2) is 6.35. The highest BCUT2D eigenvalue weighted by atomic mass is 79.9. The molecule has 17 heavy (non-hydrogen) atoms. The summed E-state index contributed by atoms with van der Waals surface area (Å²) in [4.78, 5) is 3.42. The molecular formula is C14H21BrOS. The first-order valence-corrected chi connectivity index (χ1v) is 8.22. The normalized spacial score (nSPS) is 22.6. The molecule has 1 fully saturated rings. The van der Waals surface area contributed by atoms with Crippen LogP contribution in [0.25, 0.3) is 0 Å². The van der Waals surface area contributed by atoms with E-state index in [9.17, 15) is 0 Å². The fourth-order valence-electron chi connectivity index (χ4n) is 2.47. The van der Waals surface area contributed by atoms with Gasteiger partial charge in [-0.05, 0) is 57.6 Å². The minimum Gasteiger partial charge on any atom is -0.378 e. The molecule has 0 radical (unpaired) electrons. The van der Waals surface area contributed by atoms with E-state index < -0.39 is 0 Å². The highest BCUT2D eigenvalue weighted by molar-refractivity contribution is 9.09. The Bertz CT molecular complexity index is 355. The standard InChI is InChI=1S/C14H21BrOS/c1-10-9-11(2)17-14(10)13(15)7-6-12-5-3-4-8-16-12/h9,12-13H,3-8H2,1-2H3. The predicted molar refractivity (Wildman–Crippen MR) is 78.3 cm³/mol. The Kier molecular flexibility index (Phi) is 5.07. The molecule has 0 bridgehead atoms. The van der Waals surface area contributed by atoms with E-state index in [2.05, 4.69) is 35.8 Å². The van der Waals surface area contributed by atoms with Gasteiger partial charge in [0.05, 0.1) is 6.10 Å². The lowest BCUT2D eigenvalue weighted by Crippen LogP contribution is -2.19. The zero-order chi connectivity index (χ0) is 12.3. The van der Waals surface area contributed by atoms with Crippen molar-refractivity contribution < 1.29 is 4.74 Å². The maximum atomic E-state index is 5.78. The summed E-state index contributed by atoms with van der Waals surface area (Å²) >= 11 is 5.75. The van der Waals surface area contributed by atoms with Crippen molar-refractivity contribution in [1.82, 2.24) is 0 Å². The van der Waals surface area contributed by atoms with Crippen molar-refractivity contribution in [2.24, 2.45) is 0 Å². The topological polar surface area (TPSA) is 9.23 Å². The van der Waals surface area contributed by atoms with Crippen LogP contribution in [0.15, 0.2) is 6.07 Å². The van der Waals surface area contributed by atoms with E-state index in [0.717, 1.165) is 6.61 Å². The summed E-state index contributed by atoms with van der Waals surface area (Å²) < 4.78 is 5.78. The van der Waals surface area contributed by atoms with Crippen molar-refractivity contribution in [3.05, 3.63) is 21.4 Å². The van der Waals surface area contributed by atoms with Crippen LogP contribution in [0.3, 0.4) is 0 Å². The lowest BCUT2D eigenvalue weighted by atomic mass is 10.0. The van der Waals surface area contributed by atoms with E-state index in [1.165, 1.54) is 47.4 Å².